The van der Waals surface area contributed by atoms with Gasteiger partial charge in [0.1, 0.15) is 0 Å². The maximum atomic E-state index is 2.48. The summed E-state index contributed by atoms with van der Waals surface area (Å²) in [5.74, 6) is 0. The zero-order valence-corrected chi connectivity index (χ0v) is 9.78. The molecule has 0 aromatic rings. The van der Waals surface area contributed by atoms with Gasteiger partial charge in [-0.1, -0.05) is 0 Å². The van der Waals surface area contributed by atoms with Crippen molar-refractivity contribution in [3.05, 3.63) is 0 Å². The van der Waals surface area contributed by atoms with Crippen molar-refractivity contribution in [1.29, 1.82) is 0 Å². The molecule has 0 amide bonds. The Hall–Kier alpha value is 0.390. The molecule has 0 rings (SSSR count). The summed E-state index contributed by atoms with van der Waals surface area (Å²) in [6.07, 6.45) is 4.00. The standard InChI is InChI=1S/C9H24NP/c1-6-7-8-10(2)9-11(3,4)5/h11H,6-9H2,1-5H3. The molecule has 0 saturated carbocycles. The molecule has 0 aromatic heterocycles. The van der Waals surface area contributed by atoms with Crippen LogP contribution in [0.15, 0.2) is 0 Å². The van der Waals surface area contributed by atoms with Crippen molar-refractivity contribution in [2.45, 2.75) is 19.8 Å². The van der Waals surface area contributed by atoms with Crippen LogP contribution in [0.4, 0.5) is 0 Å². The zero-order valence-electron chi connectivity index (χ0n) is 8.78. The van der Waals surface area contributed by atoms with Gasteiger partial charge in [-0.3, -0.25) is 0 Å². The predicted octanol–water partition coefficient (Wildman–Crippen LogP) is 2.32. The minimum absolute atomic E-state index is 0.844. The van der Waals surface area contributed by atoms with Crippen LogP contribution >= 0.6 is 7.26 Å². The van der Waals surface area contributed by atoms with Gasteiger partial charge in [-0.2, -0.15) is 0 Å². The van der Waals surface area contributed by atoms with Crippen molar-refractivity contribution in [3.63, 3.8) is 0 Å². The molecule has 2 heteroatoms. The summed E-state index contributed by atoms with van der Waals surface area (Å²) in [6.45, 7) is 10.8. The molecule has 0 unspecified atom stereocenters. The first-order valence-corrected chi connectivity index (χ1v) is 8.35. The van der Waals surface area contributed by atoms with E-state index < -0.39 is 7.26 Å². The van der Waals surface area contributed by atoms with E-state index in [1.54, 1.807) is 0 Å². The van der Waals surface area contributed by atoms with E-state index in [2.05, 4.69) is 38.9 Å². The van der Waals surface area contributed by atoms with Gasteiger partial charge in [0.15, 0.2) is 0 Å². The van der Waals surface area contributed by atoms with Crippen molar-refractivity contribution in [1.82, 2.24) is 4.90 Å². The predicted molar refractivity (Wildman–Crippen MR) is 58.5 cm³/mol. The summed E-state index contributed by atoms with van der Waals surface area (Å²) in [6, 6.07) is 0. The van der Waals surface area contributed by atoms with E-state index in [0.29, 0.717) is 0 Å². The number of unbranched alkanes of at least 4 members (excludes halogenated alkanes) is 1. The number of rotatable bonds is 5. The second kappa shape index (κ2) is 5.11. The van der Waals surface area contributed by atoms with E-state index >= 15 is 0 Å². The Morgan fingerprint density at radius 1 is 1.18 bits per heavy atom. The molecule has 0 fully saturated rings. The minimum atomic E-state index is -0.844. The van der Waals surface area contributed by atoms with Gasteiger partial charge in [0.05, 0.1) is 0 Å². The SMILES string of the molecule is CCCCN(C)C[PH](C)(C)C. The molecule has 0 atom stereocenters. The normalized spacial score (nSPS) is 14.0. The molecule has 0 bridgehead atoms. The van der Waals surface area contributed by atoms with Crippen LogP contribution < -0.4 is 0 Å². The topological polar surface area (TPSA) is 3.24 Å². The molecule has 0 radical (unpaired) electrons. The van der Waals surface area contributed by atoms with Gasteiger partial charge >= 0.3 is 71.8 Å². The van der Waals surface area contributed by atoms with Crippen LogP contribution in [0.3, 0.4) is 0 Å². The Morgan fingerprint density at radius 2 is 1.73 bits per heavy atom. The van der Waals surface area contributed by atoms with Crippen molar-refractivity contribution in [3.8, 4) is 0 Å². The number of hydrogen-bond donors (Lipinski definition) is 0. The van der Waals surface area contributed by atoms with E-state index in [9.17, 15) is 0 Å². The Balaban J connectivity index is 3.44. The molecular weight excluding hydrogens is 153 g/mol. The molecule has 70 valence electrons. The Bertz CT molecular complexity index is 96.2. The summed E-state index contributed by atoms with van der Waals surface area (Å²) >= 11 is 0. The van der Waals surface area contributed by atoms with Crippen molar-refractivity contribution in [2.24, 2.45) is 0 Å². The van der Waals surface area contributed by atoms with Crippen LogP contribution in [0, 0.1) is 0 Å². The summed E-state index contributed by atoms with van der Waals surface area (Å²) in [5, 5.41) is 0. The van der Waals surface area contributed by atoms with E-state index in [-0.39, 0.29) is 0 Å². The zero-order chi connectivity index (χ0) is 8.91. The fraction of sp³-hybridized carbons (Fsp3) is 1.00. The molecule has 11 heavy (non-hydrogen) atoms. The van der Waals surface area contributed by atoms with Crippen LogP contribution in [-0.2, 0) is 0 Å². The average molecular weight is 177 g/mol. The van der Waals surface area contributed by atoms with Gasteiger partial charge in [0.25, 0.3) is 0 Å². The van der Waals surface area contributed by atoms with Crippen molar-refractivity contribution < 1.29 is 0 Å². The van der Waals surface area contributed by atoms with E-state index in [0.717, 1.165) is 0 Å². The first-order chi connectivity index (χ1) is 4.95. The Kier molecular flexibility index (Phi) is 5.29. The number of nitrogens with zero attached hydrogens (tertiary/aromatic N) is 1. The van der Waals surface area contributed by atoms with Gasteiger partial charge in [0.2, 0.25) is 0 Å². The fourth-order valence-electron chi connectivity index (χ4n) is 1.32. The van der Waals surface area contributed by atoms with Gasteiger partial charge in [-0.05, 0) is 0 Å². The molecule has 1 nitrogen and oxygen atoms in total. The van der Waals surface area contributed by atoms with E-state index in [1.165, 1.54) is 25.7 Å². The third-order valence-electron chi connectivity index (χ3n) is 1.64. The van der Waals surface area contributed by atoms with Crippen molar-refractivity contribution >= 4 is 7.26 Å². The summed E-state index contributed by atoms with van der Waals surface area (Å²) in [4.78, 5) is 2.48. The summed E-state index contributed by atoms with van der Waals surface area (Å²) < 4.78 is 0. The van der Waals surface area contributed by atoms with Gasteiger partial charge in [-0.15, -0.1) is 0 Å². The third-order valence-corrected chi connectivity index (χ3v) is 3.13. The molecule has 0 aliphatic carbocycles. The second-order valence-electron chi connectivity index (χ2n) is 4.65. The van der Waals surface area contributed by atoms with Crippen LogP contribution in [0.2, 0.25) is 0 Å². The Labute approximate surface area is 72.5 Å². The van der Waals surface area contributed by atoms with Crippen molar-refractivity contribution in [2.75, 3.05) is 39.9 Å². The monoisotopic (exact) mass is 177 g/mol. The molecule has 0 saturated heterocycles. The van der Waals surface area contributed by atoms with Crippen LogP contribution in [0.25, 0.3) is 0 Å². The number of hydrogen-bond acceptors (Lipinski definition) is 1. The van der Waals surface area contributed by atoms with E-state index in [1.807, 2.05) is 0 Å². The maximum absolute atomic E-state index is 2.48. The van der Waals surface area contributed by atoms with E-state index in [4.69, 9.17) is 0 Å². The summed E-state index contributed by atoms with van der Waals surface area (Å²) in [5.41, 5.74) is 0. The molecule has 0 aliphatic rings. The third kappa shape index (κ3) is 8.29. The van der Waals surface area contributed by atoms with Gasteiger partial charge < -0.3 is 0 Å². The average Bonchev–Trinajstić information content (AvgIpc) is 1.79. The molecule has 0 spiro atoms. The van der Waals surface area contributed by atoms with Crippen LogP contribution in [0.5, 0.6) is 0 Å². The first kappa shape index (κ1) is 11.4. The van der Waals surface area contributed by atoms with Crippen LogP contribution in [-0.4, -0.2) is 44.8 Å². The molecule has 0 aliphatic heterocycles. The molecule has 0 N–H and O–H groups in total. The molecule has 0 heterocycles. The molecular formula is C9H24NP. The van der Waals surface area contributed by atoms with Gasteiger partial charge in [0, 0.05) is 0 Å². The summed E-state index contributed by atoms with van der Waals surface area (Å²) in [7, 11) is 1.40. The molecule has 0 aromatic carbocycles. The van der Waals surface area contributed by atoms with Crippen LogP contribution in [0.1, 0.15) is 19.8 Å². The first-order valence-electron chi connectivity index (χ1n) is 4.64. The second-order valence-corrected chi connectivity index (χ2v) is 10.1. The van der Waals surface area contributed by atoms with Gasteiger partial charge in [-0.25, -0.2) is 0 Å². The fourth-order valence-corrected chi connectivity index (χ4v) is 3.09. The Morgan fingerprint density at radius 3 is 2.09 bits per heavy atom. The quantitative estimate of drug-likeness (QED) is 0.582.